The average molecular weight is 294 g/mol. The van der Waals surface area contributed by atoms with Gasteiger partial charge in [0.1, 0.15) is 11.6 Å². The topological polar surface area (TPSA) is 44.7 Å². The molecule has 1 aromatic carbocycles. The Morgan fingerprint density at radius 1 is 1.24 bits per heavy atom. The van der Waals surface area contributed by atoms with Gasteiger partial charge in [0, 0.05) is 51.0 Å². The van der Waals surface area contributed by atoms with Gasteiger partial charge in [0.05, 0.1) is 0 Å². The van der Waals surface area contributed by atoms with E-state index in [0.29, 0.717) is 5.92 Å². The smallest absolute Gasteiger partial charge is 0.123 e. The Bertz CT molecular complexity index is 453. The van der Waals surface area contributed by atoms with Crippen molar-refractivity contribution in [3.8, 4) is 5.75 Å². The molecular weight excluding hydrogens is 271 g/mol. The van der Waals surface area contributed by atoms with E-state index in [2.05, 4.69) is 10.2 Å². The molecule has 1 aromatic rings. The summed E-state index contributed by atoms with van der Waals surface area (Å²) in [6.45, 7) is 5.24. The predicted molar refractivity (Wildman–Crippen MR) is 78.8 cm³/mol. The largest absolute Gasteiger partial charge is 0.508 e. The van der Waals surface area contributed by atoms with Crippen LogP contribution in [0.4, 0.5) is 4.39 Å². The lowest BCUT2D eigenvalue weighted by atomic mass is 9.85. The molecule has 2 fully saturated rings. The van der Waals surface area contributed by atoms with Gasteiger partial charge in [0.25, 0.3) is 0 Å². The summed E-state index contributed by atoms with van der Waals surface area (Å²) in [5, 5.41) is 13.6. The lowest BCUT2D eigenvalue weighted by Crippen LogP contribution is -2.47. The molecule has 4 nitrogen and oxygen atoms in total. The molecule has 2 aliphatic rings. The van der Waals surface area contributed by atoms with Gasteiger partial charge >= 0.3 is 0 Å². The Balaban J connectivity index is 1.91. The number of halogens is 1. The third-order valence-electron chi connectivity index (χ3n) is 4.57. The third-order valence-corrected chi connectivity index (χ3v) is 4.57. The summed E-state index contributed by atoms with van der Waals surface area (Å²) < 4.78 is 19.1. The zero-order valence-corrected chi connectivity index (χ0v) is 12.2. The Hall–Kier alpha value is -1.17. The van der Waals surface area contributed by atoms with Crippen molar-refractivity contribution in [1.82, 2.24) is 10.2 Å². The van der Waals surface area contributed by atoms with Crippen LogP contribution in [-0.4, -0.2) is 49.4 Å². The van der Waals surface area contributed by atoms with Crippen molar-refractivity contribution in [1.29, 1.82) is 0 Å². The van der Waals surface area contributed by atoms with Crippen LogP contribution >= 0.6 is 0 Å². The van der Waals surface area contributed by atoms with E-state index in [1.165, 1.54) is 18.2 Å². The van der Waals surface area contributed by atoms with E-state index >= 15 is 0 Å². The molecule has 2 N–H and O–H groups in total. The number of aromatic hydroxyl groups is 1. The van der Waals surface area contributed by atoms with Gasteiger partial charge in [-0.15, -0.1) is 0 Å². The highest BCUT2D eigenvalue weighted by molar-refractivity contribution is 5.36. The van der Waals surface area contributed by atoms with Crippen LogP contribution in [0.3, 0.4) is 0 Å². The fourth-order valence-electron chi connectivity index (χ4n) is 3.50. The molecule has 0 bridgehead atoms. The fraction of sp³-hybridized carbons (Fsp3) is 0.625. The minimum Gasteiger partial charge on any atom is -0.508 e. The van der Waals surface area contributed by atoms with Crippen molar-refractivity contribution in [2.75, 3.05) is 39.4 Å². The first kappa shape index (κ1) is 14.8. The fourth-order valence-corrected chi connectivity index (χ4v) is 3.50. The standard InChI is InChI=1S/C16H23FN2O2/c17-13-1-2-15(20)14(11-13)16(12-3-9-21-10-4-12)19-7-5-18-6-8-19/h1-2,11-12,16,18,20H,3-10H2/t16-/m0/s1. The Morgan fingerprint density at radius 3 is 2.67 bits per heavy atom. The first-order chi connectivity index (χ1) is 10.3. The summed E-state index contributed by atoms with van der Waals surface area (Å²) >= 11 is 0. The molecule has 0 aromatic heterocycles. The molecule has 0 amide bonds. The number of nitrogens with one attached hydrogen (secondary N) is 1. The number of rotatable bonds is 3. The first-order valence-corrected chi connectivity index (χ1v) is 7.76. The molecule has 21 heavy (non-hydrogen) atoms. The van der Waals surface area contributed by atoms with Crippen LogP contribution in [0.1, 0.15) is 24.4 Å². The van der Waals surface area contributed by atoms with Gasteiger partial charge in [0.15, 0.2) is 0 Å². The van der Waals surface area contributed by atoms with E-state index in [1.54, 1.807) is 0 Å². The Morgan fingerprint density at radius 2 is 1.95 bits per heavy atom. The highest BCUT2D eigenvalue weighted by Gasteiger charge is 2.33. The van der Waals surface area contributed by atoms with Gasteiger partial charge in [-0.1, -0.05) is 0 Å². The molecule has 0 aliphatic carbocycles. The second-order valence-electron chi connectivity index (χ2n) is 5.88. The number of nitrogens with zero attached hydrogens (tertiary/aromatic N) is 1. The lowest BCUT2D eigenvalue weighted by molar-refractivity contribution is 0.0205. The predicted octanol–water partition coefficient (Wildman–Crippen LogP) is 1.90. The highest BCUT2D eigenvalue weighted by atomic mass is 19.1. The summed E-state index contributed by atoms with van der Waals surface area (Å²) in [5.41, 5.74) is 0.726. The minimum absolute atomic E-state index is 0.0756. The maximum atomic E-state index is 13.7. The number of benzene rings is 1. The van der Waals surface area contributed by atoms with Gasteiger partial charge < -0.3 is 15.2 Å². The summed E-state index contributed by atoms with van der Waals surface area (Å²) in [6.07, 6.45) is 1.93. The van der Waals surface area contributed by atoms with Crippen LogP contribution in [0.5, 0.6) is 5.75 Å². The second kappa shape index (κ2) is 6.73. The van der Waals surface area contributed by atoms with Gasteiger partial charge in [-0.3, -0.25) is 4.90 Å². The first-order valence-electron chi connectivity index (χ1n) is 7.76. The van der Waals surface area contributed by atoms with E-state index in [9.17, 15) is 9.50 Å². The second-order valence-corrected chi connectivity index (χ2v) is 5.88. The van der Waals surface area contributed by atoms with Crippen LogP contribution in [0.15, 0.2) is 18.2 Å². The van der Waals surface area contributed by atoms with Crippen LogP contribution in [0.25, 0.3) is 0 Å². The number of phenolic OH excluding ortho intramolecular Hbond substituents is 1. The molecule has 0 radical (unpaired) electrons. The zero-order chi connectivity index (χ0) is 14.7. The number of piperazine rings is 1. The molecule has 2 heterocycles. The van der Waals surface area contributed by atoms with Crippen molar-refractivity contribution < 1.29 is 14.2 Å². The van der Waals surface area contributed by atoms with Gasteiger partial charge in [-0.25, -0.2) is 4.39 Å². The average Bonchev–Trinajstić information content (AvgIpc) is 2.53. The molecule has 3 rings (SSSR count). The Kier molecular flexibility index (Phi) is 4.73. The van der Waals surface area contributed by atoms with E-state index in [4.69, 9.17) is 4.74 Å². The number of hydrogen-bond acceptors (Lipinski definition) is 4. The van der Waals surface area contributed by atoms with E-state index in [0.717, 1.165) is 57.8 Å². The summed E-state index contributed by atoms with van der Waals surface area (Å²) in [5.74, 6) is 0.325. The minimum atomic E-state index is -0.282. The Labute approximate surface area is 124 Å². The zero-order valence-electron chi connectivity index (χ0n) is 12.2. The number of phenols is 1. The number of ether oxygens (including phenoxy) is 1. The maximum absolute atomic E-state index is 13.7. The lowest BCUT2D eigenvalue weighted by Gasteiger charge is -2.41. The SMILES string of the molecule is Oc1ccc(F)cc1[C@H](C1CCOCC1)N1CCNCC1. The normalized spacial score (nSPS) is 23.1. The van der Waals surface area contributed by atoms with Crippen LogP contribution < -0.4 is 5.32 Å². The van der Waals surface area contributed by atoms with Crippen molar-refractivity contribution in [3.63, 3.8) is 0 Å². The molecule has 0 saturated carbocycles. The van der Waals surface area contributed by atoms with Crippen molar-refractivity contribution >= 4 is 0 Å². The van der Waals surface area contributed by atoms with Crippen LogP contribution in [0.2, 0.25) is 0 Å². The summed E-state index contributed by atoms with van der Waals surface area (Å²) in [4.78, 5) is 2.38. The quantitative estimate of drug-likeness (QED) is 0.894. The molecule has 1 atom stereocenters. The monoisotopic (exact) mass is 294 g/mol. The summed E-state index contributed by atoms with van der Waals surface area (Å²) in [6, 6.07) is 4.36. The number of hydrogen-bond donors (Lipinski definition) is 2. The van der Waals surface area contributed by atoms with E-state index in [-0.39, 0.29) is 17.6 Å². The van der Waals surface area contributed by atoms with E-state index in [1.807, 2.05) is 0 Å². The molecule has 116 valence electrons. The van der Waals surface area contributed by atoms with Crippen molar-refractivity contribution in [3.05, 3.63) is 29.6 Å². The maximum Gasteiger partial charge on any atom is 0.123 e. The van der Waals surface area contributed by atoms with Crippen molar-refractivity contribution in [2.45, 2.75) is 18.9 Å². The molecule has 2 aliphatic heterocycles. The van der Waals surface area contributed by atoms with E-state index < -0.39 is 0 Å². The summed E-state index contributed by atoms with van der Waals surface area (Å²) in [7, 11) is 0. The molecule has 0 unspecified atom stereocenters. The van der Waals surface area contributed by atoms with Gasteiger partial charge in [0.2, 0.25) is 0 Å². The van der Waals surface area contributed by atoms with Crippen molar-refractivity contribution in [2.24, 2.45) is 5.92 Å². The molecule has 2 saturated heterocycles. The highest BCUT2D eigenvalue weighted by Crippen LogP contribution is 2.39. The van der Waals surface area contributed by atoms with Crippen LogP contribution in [-0.2, 0) is 4.74 Å². The van der Waals surface area contributed by atoms with Crippen LogP contribution in [0, 0.1) is 11.7 Å². The molecule has 5 heteroatoms. The third kappa shape index (κ3) is 3.36. The van der Waals surface area contributed by atoms with Gasteiger partial charge in [-0.05, 0) is 37.0 Å². The molecule has 0 spiro atoms. The molecular formula is C16H23FN2O2. The van der Waals surface area contributed by atoms with Gasteiger partial charge in [-0.2, -0.15) is 0 Å².